The lowest BCUT2D eigenvalue weighted by molar-refractivity contribution is -0.161. The van der Waals surface area contributed by atoms with Crippen LogP contribution in [0.5, 0.6) is 0 Å². The van der Waals surface area contributed by atoms with E-state index in [-0.39, 0.29) is 19.3 Å². The van der Waals surface area contributed by atoms with Gasteiger partial charge in [-0.2, -0.15) is 0 Å². The van der Waals surface area contributed by atoms with Crippen molar-refractivity contribution in [2.75, 3.05) is 39.6 Å². The number of hydrogen-bond acceptors (Lipinski definition) is 14. The smallest absolute Gasteiger partial charge is 0.463 e. The van der Waals surface area contributed by atoms with Crippen molar-refractivity contribution >= 4 is 33.6 Å². The molecule has 18 heteroatoms. The highest BCUT2D eigenvalue weighted by molar-refractivity contribution is 7.47. The van der Waals surface area contributed by atoms with Crippen molar-refractivity contribution < 1.29 is 75.8 Å². The van der Waals surface area contributed by atoms with Crippen LogP contribution in [0, 0.1) is 0 Å². The number of hydrogen-bond donors (Lipinski definition) is 4. The van der Waals surface area contributed by atoms with Gasteiger partial charge in [0.15, 0.2) is 6.10 Å². The molecule has 0 aromatic carbocycles. The average molecular weight is 1540 g/mol. The number of phosphoric acid groups is 2. The molecule has 4 N–H and O–H groups in total. The molecule has 5 atom stereocenters. The van der Waals surface area contributed by atoms with Crippen LogP contribution in [0.3, 0.4) is 0 Å². The van der Waals surface area contributed by atoms with E-state index in [2.05, 4.69) is 191 Å². The second-order valence-corrected chi connectivity index (χ2v) is 30.1. The minimum absolute atomic E-state index is 0.0762. The van der Waals surface area contributed by atoms with Crippen LogP contribution in [0.25, 0.3) is 0 Å². The van der Waals surface area contributed by atoms with Gasteiger partial charge in [-0.3, -0.25) is 32.5 Å². The molecule has 0 aliphatic rings. The summed E-state index contributed by atoms with van der Waals surface area (Å²) in [6.07, 6.45) is 102. The molecule has 0 aliphatic heterocycles. The fourth-order valence-corrected chi connectivity index (χ4v) is 12.2. The minimum Gasteiger partial charge on any atom is -0.463 e. The second kappa shape index (κ2) is 80.4. The summed E-state index contributed by atoms with van der Waals surface area (Å²) in [6.45, 7) is 2.47. The third kappa shape index (κ3) is 81.7. The van der Waals surface area contributed by atoms with Crippen LogP contribution in [0.1, 0.15) is 316 Å². The number of unbranched alkanes of at least 4 members (excludes halogenated alkanes) is 26. The predicted molar refractivity (Wildman–Crippen MR) is 445 cm³/mol. The summed E-state index contributed by atoms with van der Waals surface area (Å²) in [6, 6.07) is 0. The Morgan fingerprint density at radius 2 is 0.495 bits per heavy atom. The van der Waals surface area contributed by atoms with Gasteiger partial charge in [0.2, 0.25) is 0 Å². The van der Waals surface area contributed by atoms with Crippen LogP contribution < -0.4 is 0 Å². The lowest BCUT2D eigenvalue weighted by atomic mass is 10.1. The van der Waals surface area contributed by atoms with E-state index in [0.717, 1.165) is 186 Å². The van der Waals surface area contributed by atoms with Crippen LogP contribution in [-0.4, -0.2) is 95.9 Å². The third-order valence-electron chi connectivity index (χ3n) is 16.9. The van der Waals surface area contributed by atoms with Crippen LogP contribution in [0.15, 0.2) is 170 Å². The molecule has 0 saturated carbocycles. The van der Waals surface area contributed by atoms with Crippen molar-refractivity contribution in [1.82, 2.24) is 0 Å². The number of esters is 3. The SMILES string of the molecule is CC/C=C\C/C=C\C/C=C\C/C=C\C/C=C\C/C=C\CCCCCCCCC(=O)OCC(O)COP(=O)(O)OCC(O)COP(=O)(O)OCC(COC(=O)CCCCCCCCCCC/C=C\C/C=C\C/C=C\C/C=C\CCCCC)OC(=O)CCCCCCC/C=C\C/C=C\C/C=C\C/C=C\CCCCC. The number of aliphatic hydroxyl groups is 2. The van der Waals surface area contributed by atoms with Crippen molar-refractivity contribution in [1.29, 1.82) is 0 Å². The number of carbonyl (C=O) groups excluding carboxylic acids is 3. The van der Waals surface area contributed by atoms with Crippen LogP contribution >= 0.6 is 15.6 Å². The van der Waals surface area contributed by atoms with E-state index in [9.17, 15) is 43.5 Å². The van der Waals surface area contributed by atoms with Crippen molar-refractivity contribution in [3.05, 3.63) is 170 Å². The zero-order valence-electron chi connectivity index (χ0n) is 66.7. The fraction of sp³-hybridized carbons (Fsp3) is 0.652. The molecule has 0 aromatic rings. The first-order valence-corrected chi connectivity index (χ1v) is 44.4. The molecule has 16 nitrogen and oxygen atoms in total. The van der Waals surface area contributed by atoms with Gasteiger partial charge >= 0.3 is 33.6 Å². The molecule has 0 radical (unpaired) electrons. The third-order valence-corrected chi connectivity index (χ3v) is 18.8. The van der Waals surface area contributed by atoms with Crippen molar-refractivity contribution in [2.45, 2.75) is 334 Å². The van der Waals surface area contributed by atoms with Gasteiger partial charge in [-0.15, -0.1) is 0 Å². The fourth-order valence-electron chi connectivity index (χ4n) is 10.6. The van der Waals surface area contributed by atoms with Gasteiger partial charge in [-0.1, -0.05) is 306 Å². The Kier molecular flexibility index (Phi) is 76.6. The molecule has 0 spiro atoms. The highest BCUT2D eigenvalue weighted by Gasteiger charge is 2.29. The molecular weight excluding hydrogens is 1390 g/mol. The number of carbonyl (C=O) groups is 3. The largest absolute Gasteiger partial charge is 0.472 e. The van der Waals surface area contributed by atoms with E-state index < -0.39 is 91.5 Å². The number of allylic oxidation sites excluding steroid dienone is 28. The molecular formula is C89H148O16P2. The first kappa shape index (κ1) is 102. The normalized spacial score (nSPS) is 14.8. The summed E-state index contributed by atoms with van der Waals surface area (Å²) < 4.78 is 61.3. The van der Waals surface area contributed by atoms with Gasteiger partial charge in [0.05, 0.1) is 26.4 Å². The quantitative estimate of drug-likeness (QED) is 0.0146. The summed E-state index contributed by atoms with van der Waals surface area (Å²) in [5, 5.41) is 20.7. The van der Waals surface area contributed by atoms with Crippen molar-refractivity contribution in [2.24, 2.45) is 0 Å². The maximum atomic E-state index is 13.0. The first-order valence-electron chi connectivity index (χ1n) is 41.4. The Labute approximate surface area is 650 Å². The van der Waals surface area contributed by atoms with Gasteiger partial charge in [-0.25, -0.2) is 9.13 Å². The van der Waals surface area contributed by atoms with Crippen LogP contribution in [-0.2, 0) is 55.8 Å². The highest BCUT2D eigenvalue weighted by atomic mass is 31.2. The van der Waals surface area contributed by atoms with Crippen LogP contribution in [0.4, 0.5) is 0 Å². The van der Waals surface area contributed by atoms with Crippen molar-refractivity contribution in [3.63, 3.8) is 0 Å². The Morgan fingerprint density at radius 3 is 0.785 bits per heavy atom. The monoisotopic (exact) mass is 1540 g/mol. The molecule has 0 heterocycles. The molecule has 0 saturated heterocycles. The number of rotatable bonds is 77. The standard InChI is InChI=1S/C89H148O16P2/c1-4-7-10-13-16-19-22-25-28-31-34-37-39-41-43-46-48-51-54-57-60-63-66-69-72-75-87(92)99-78-84(90)79-101-106(95,96)102-80-85(91)81-103-107(97,98)104-83-86(105-89(94)77-74-71-68-65-62-59-56-53-50-45-36-33-30-27-24-21-18-15-12-9-6-3)82-100-88(93)76-73-70-67-64-61-58-55-52-49-47-44-42-40-38-35-32-29-26-23-20-17-14-11-8-5-2/h7,10,16-21,25-30,34-38,41-45,48,51,53,56,84-86,90-91H,4-6,8-9,11-15,22-24,31-33,39-40,46-47,49-50,52,54-55,57-83H2,1-3H3,(H,95,96)(H,97,98)/b10-7-,19-16-,20-17-,21-18-,28-25-,29-26-,30-27-,37-34-,38-35-,43-41-,44-42-,45-36-,51-48-,56-53-. The van der Waals surface area contributed by atoms with E-state index in [1.807, 2.05) is 0 Å². The molecule has 0 aliphatic carbocycles. The van der Waals surface area contributed by atoms with E-state index in [4.69, 9.17) is 32.3 Å². The van der Waals surface area contributed by atoms with Crippen molar-refractivity contribution in [3.8, 4) is 0 Å². The molecule has 0 bridgehead atoms. The molecule has 0 amide bonds. The minimum atomic E-state index is -4.95. The Balaban J connectivity index is 4.74. The zero-order chi connectivity index (χ0) is 78.0. The number of phosphoric ester groups is 2. The van der Waals surface area contributed by atoms with Gasteiger partial charge in [0.25, 0.3) is 0 Å². The summed E-state index contributed by atoms with van der Waals surface area (Å²) in [4.78, 5) is 58.8. The summed E-state index contributed by atoms with van der Waals surface area (Å²) in [7, 11) is -9.82. The van der Waals surface area contributed by atoms with Gasteiger partial charge < -0.3 is 34.2 Å². The summed E-state index contributed by atoms with van der Waals surface area (Å²) in [5.41, 5.74) is 0. The highest BCUT2D eigenvalue weighted by Crippen LogP contribution is 2.45. The molecule has 5 unspecified atom stereocenters. The summed E-state index contributed by atoms with van der Waals surface area (Å²) in [5.74, 6) is -1.62. The van der Waals surface area contributed by atoms with Crippen LogP contribution in [0.2, 0.25) is 0 Å². The Morgan fingerprint density at radius 1 is 0.271 bits per heavy atom. The molecule has 107 heavy (non-hydrogen) atoms. The van der Waals surface area contributed by atoms with Gasteiger partial charge in [-0.05, 0) is 161 Å². The lowest BCUT2D eigenvalue weighted by Gasteiger charge is -2.21. The maximum absolute atomic E-state index is 13.0. The van der Waals surface area contributed by atoms with Gasteiger partial charge in [0.1, 0.15) is 25.4 Å². The topological polar surface area (TPSA) is 231 Å². The van der Waals surface area contributed by atoms with E-state index in [0.29, 0.717) is 19.3 Å². The molecule has 0 aromatic heterocycles. The zero-order valence-corrected chi connectivity index (χ0v) is 68.5. The second-order valence-electron chi connectivity index (χ2n) is 27.2. The van der Waals surface area contributed by atoms with E-state index >= 15 is 0 Å². The maximum Gasteiger partial charge on any atom is 0.472 e. The molecule has 0 fully saturated rings. The lowest BCUT2D eigenvalue weighted by Crippen LogP contribution is -2.30. The average Bonchev–Trinajstić information content (AvgIpc) is 0.904. The number of ether oxygens (including phenoxy) is 3. The van der Waals surface area contributed by atoms with E-state index in [1.165, 1.54) is 70.6 Å². The van der Waals surface area contributed by atoms with E-state index in [1.54, 1.807) is 0 Å². The Hall–Kier alpha value is -5.09. The number of aliphatic hydroxyl groups excluding tert-OH is 2. The predicted octanol–water partition coefficient (Wildman–Crippen LogP) is 24.8. The van der Waals surface area contributed by atoms with Gasteiger partial charge in [0, 0.05) is 19.3 Å². The first-order chi connectivity index (χ1) is 52.2. The Bertz CT molecular complexity index is 2620. The molecule has 0 rings (SSSR count). The molecule has 610 valence electrons. The summed E-state index contributed by atoms with van der Waals surface area (Å²) >= 11 is 0.